The van der Waals surface area contributed by atoms with Crippen LogP contribution in [0.25, 0.3) is 0 Å². The summed E-state index contributed by atoms with van der Waals surface area (Å²) in [6.45, 7) is 0.114. The van der Waals surface area contributed by atoms with E-state index in [0.717, 1.165) is 16.7 Å². The summed E-state index contributed by atoms with van der Waals surface area (Å²) >= 11 is 0. The van der Waals surface area contributed by atoms with E-state index in [1.165, 1.54) is 6.26 Å². The first-order valence-corrected chi connectivity index (χ1v) is 11.4. The maximum Gasteiger partial charge on any atom is 0.329 e. The van der Waals surface area contributed by atoms with Crippen molar-refractivity contribution < 1.29 is 18.7 Å². The number of oxazole rings is 1. The van der Waals surface area contributed by atoms with Crippen molar-refractivity contribution in [1.29, 1.82) is 0 Å². The maximum absolute atomic E-state index is 12.9. The molecule has 1 aromatic heterocycles. The van der Waals surface area contributed by atoms with Crippen molar-refractivity contribution >= 4 is 11.9 Å². The highest BCUT2D eigenvalue weighted by molar-refractivity contribution is 5.95. The van der Waals surface area contributed by atoms with E-state index >= 15 is 0 Å². The standard InChI is InChI=1S/C28H27N3O4/c29-23(16-20-10-4-1-5-11-20)27-31-25(19-34-27)26(32)30-24(17-21-12-6-2-7-13-21)28(33)35-18-22-14-8-3-9-15-22/h1-15,19,23-24H,16-18,29H2,(H,30,32). The van der Waals surface area contributed by atoms with Gasteiger partial charge >= 0.3 is 5.97 Å². The average Bonchev–Trinajstić information content (AvgIpc) is 3.40. The van der Waals surface area contributed by atoms with Crippen LogP contribution in [0.1, 0.15) is 39.1 Å². The molecule has 0 aliphatic rings. The second-order valence-electron chi connectivity index (χ2n) is 8.18. The van der Waals surface area contributed by atoms with Crippen molar-refractivity contribution in [1.82, 2.24) is 10.3 Å². The molecule has 178 valence electrons. The second-order valence-corrected chi connectivity index (χ2v) is 8.18. The lowest BCUT2D eigenvalue weighted by Gasteiger charge is -2.17. The summed E-state index contributed by atoms with van der Waals surface area (Å²) in [4.78, 5) is 30.1. The molecule has 0 bridgehead atoms. The van der Waals surface area contributed by atoms with Crippen molar-refractivity contribution in [3.8, 4) is 0 Å². The number of esters is 1. The van der Waals surface area contributed by atoms with Crippen molar-refractivity contribution in [3.05, 3.63) is 126 Å². The molecule has 1 amide bonds. The SMILES string of the molecule is NC(Cc1ccccc1)c1nc(C(=O)NC(Cc2ccccc2)C(=O)OCc2ccccc2)co1. The molecule has 3 N–H and O–H groups in total. The third-order valence-electron chi connectivity index (χ3n) is 5.47. The topological polar surface area (TPSA) is 107 Å². The molecule has 7 heteroatoms. The van der Waals surface area contributed by atoms with E-state index in [-0.39, 0.29) is 24.6 Å². The fraction of sp³-hybridized carbons (Fsp3) is 0.179. The fourth-order valence-corrected chi connectivity index (χ4v) is 3.62. The Labute approximate surface area is 203 Å². The van der Waals surface area contributed by atoms with Gasteiger partial charge in [-0.2, -0.15) is 0 Å². The first-order valence-electron chi connectivity index (χ1n) is 11.4. The van der Waals surface area contributed by atoms with Gasteiger partial charge < -0.3 is 20.2 Å². The molecule has 0 radical (unpaired) electrons. The lowest BCUT2D eigenvalue weighted by atomic mass is 10.1. The summed E-state index contributed by atoms with van der Waals surface area (Å²) < 4.78 is 11.0. The molecule has 3 aromatic carbocycles. The van der Waals surface area contributed by atoms with Crippen LogP contribution in [0.3, 0.4) is 0 Å². The van der Waals surface area contributed by atoms with Gasteiger partial charge in [-0.05, 0) is 23.1 Å². The first kappa shape index (κ1) is 23.9. The number of nitrogens with zero attached hydrogens (tertiary/aromatic N) is 1. The van der Waals surface area contributed by atoms with Crippen LogP contribution >= 0.6 is 0 Å². The van der Waals surface area contributed by atoms with Crippen LogP contribution in [0, 0.1) is 0 Å². The Balaban J connectivity index is 1.43. The average molecular weight is 470 g/mol. The molecule has 0 spiro atoms. The predicted octanol–water partition coefficient (Wildman–Crippen LogP) is 4.00. The lowest BCUT2D eigenvalue weighted by Crippen LogP contribution is -2.43. The molecule has 0 aliphatic carbocycles. The van der Waals surface area contributed by atoms with Gasteiger partial charge in [0.15, 0.2) is 5.69 Å². The highest BCUT2D eigenvalue weighted by Crippen LogP contribution is 2.16. The van der Waals surface area contributed by atoms with Crippen LogP contribution in [0.4, 0.5) is 0 Å². The van der Waals surface area contributed by atoms with Crippen LogP contribution in [0.15, 0.2) is 102 Å². The predicted molar refractivity (Wildman–Crippen MR) is 131 cm³/mol. The number of aromatic nitrogens is 1. The molecule has 2 unspecified atom stereocenters. The van der Waals surface area contributed by atoms with Gasteiger partial charge in [-0.25, -0.2) is 9.78 Å². The number of nitrogens with one attached hydrogen (secondary N) is 1. The van der Waals surface area contributed by atoms with Gasteiger partial charge in [0.25, 0.3) is 5.91 Å². The largest absolute Gasteiger partial charge is 0.459 e. The van der Waals surface area contributed by atoms with Crippen molar-refractivity contribution in [2.75, 3.05) is 0 Å². The van der Waals surface area contributed by atoms with Crippen molar-refractivity contribution in [2.45, 2.75) is 31.5 Å². The highest BCUT2D eigenvalue weighted by atomic mass is 16.5. The van der Waals surface area contributed by atoms with Crippen LogP contribution in [-0.2, 0) is 29.0 Å². The number of amides is 1. The van der Waals surface area contributed by atoms with Gasteiger partial charge in [-0.1, -0.05) is 91.0 Å². The molecule has 2 atom stereocenters. The Hall–Kier alpha value is -4.23. The minimum absolute atomic E-state index is 0.0532. The zero-order chi connectivity index (χ0) is 24.5. The smallest absolute Gasteiger partial charge is 0.329 e. The summed E-state index contributed by atoms with van der Waals surface area (Å²) in [6.07, 6.45) is 2.05. The number of benzene rings is 3. The summed E-state index contributed by atoms with van der Waals surface area (Å²) in [5.74, 6) is -0.815. The zero-order valence-corrected chi connectivity index (χ0v) is 19.2. The third kappa shape index (κ3) is 6.88. The lowest BCUT2D eigenvalue weighted by molar-refractivity contribution is -0.147. The van der Waals surface area contributed by atoms with E-state index in [4.69, 9.17) is 14.9 Å². The maximum atomic E-state index is 12.9. The van der Waals surface area contributed by atoms with Gasteiger partial charge in [-0.3, -0.25) is 4.79 Å². The highest BCUT2D eigenvalue weighted by Gasteiger charge is 2.26. The Morgan fingerprint density at radius 2 is 1.37 bits per heavy atom. The molecular formula is C28H27N3O4. The molecule has 0 saturated heterocycles. The molecule has 4 rings (SSSR count). The molecule has 35 heavy (non-hydrogen) atoms. The third-order valence-corrected chi connectivity index (χ3v) is 5.47. The van der Waals surface area contributed by atoms with E-state index in [0.29, 0.717) is 6.42 Å². The first-order chi connectivity index (χ1) is 17.1. The molecule has 1 heterocycles. The van der Waals surface area contributed by atoms with Gasteiger partial charge in [0.2, 0.25) is 5.89 Å². The number of nitrogens with two attached hydrogens (primary N) is 1. The van der Waals surface area contributed by atoms with Gasteiger partial charge in [0, 0.05) is 6.42 Å². The number of hydrogen-bond acceptors (Lipinski definition) is 6. The van der Waals surface area contributed by atoms with E-state index in [9.17, 15) is 9.59 Å². The van der Waals surface area contributed by atoms with E-state index in [2.05, 4.69) is 10.3 Å². The summed E-state index contributed by atoms with van der Waals surface area (Å²) in [6, 6.07) is 27.1. The van der Waals surface area contributed by atoms with Crippen LogP contribution < -0.4 is 11.1 Å². The van der Waals surface area contributed by atoms with Crippen LogP contribution in [0.5, 0.6) is 0 Å². The molecular weight excluding hydrogens is 442 g/mol. The Bertz CT molecular complexity index is 1230. The van der Waals surface area contributed by atoms with E-state index in [1.807, 2.05) is 91.0 Å². The van der Waals surface area contributed by atoms with Gasteiger partial charge in [0.1, 0.15) is 18.9 Å². The Kier molecular flexibility index (Phi) is 8.04. The molecule has 0 aliphatic heterocycles. The van der Waals surface area contributed by atoms with Crippen LogP contribution in [0.2, 0.25) is 0 Å². The monoisotopic (exact) mass is 469 g/mol. The summed E-state index contributed by atoms with van der Waals surface area (Å²) in [5.41, 5.74) is 9.06. The van der Waals surface area contributed by atoms with Crippen LogP contribution in [-0.4, -0.2) is 22.9 Å². The molecule has 0 fully saturated rings. The number of rotatable bonds is 10. The summed E-state index contributed by atoms with van der Waals surface area (Å²) in [7, 11) is 0. The van der Waals surface area contributed by atoms with Gasteiger partial charge in [0.05, 0.1) is 6.04 Å². The van der Waals surface area contributed by atoms with E-state index in [1.54, 1.807) is 0 Å². The number of carbonyl (C=O) groups is 2. The van der Waals surface area contributed by atoms with E-state index < -0.39 is 24.0 Å². The summed E-state index contributed by atoms with van der Waals surface area (Å²) in [5, 5.41) is 2.74. The molecule has 7 nitrogen and oxygen atoms in total. The second kappa shape index (κ2) is 11.8. The minimum atomic E-state index is -0.897. The van der Waals surface area contributed by atoms with Gasteiger partial charge in [-0.15, -0.1) is 0 Å². The number of carbonyl (C=O) groups excluding carboxylic acids is 2. The minimum Gasteiger partial charge on any atom is -0.459 e. The Morgan fingerprint density at radius 3 is 1.97 bits per heavy atom. The van der Waals surface area contributed by atoms with Crippen molar-refractivity contribution in [2.24, 2.45) is 5.73 Å². The number of ether oxygens (including phenoxy) is 1. The normalized spacial score (nSPS) is 12.5. The quantitative estimate of drug-likeness (QED) is 0.340. The molecule has 4 aromatic rings. The zero-order valence-electron chi connectivity index (χ0n) is 19.2. The van der Waals surface area contributed by atoms with Crippen molar-refractivity contribution in [3.63, 3.8) is 0 Å². The fourth-order valence-electron chi connectivity index (χ4n) is 3.62. The number of hydrogen-bond donors (Lipinski definition) is 2. The molecule has 0 saturated carbocycles. The Morgan fingerprint density at radius 1 is 0.829 bits per heavy atom.